The summed E-state index contributed by atoms with van der Waals surface area (Å²) in [5, 5.41) is 0. The Labute approximate surface area is 151 Å². The summed E-state index contributed by atoms with van der Waals surface area (Å²) in [4.78, 5) is 0.270. The molecule has 0 spiro atoms. The van der Waals surface area contributed by atoms with Crippen molar-refractivity contribution in [2.75, 3.05) is 21.3 Å². The molecular formula is C17H20BrNO4S. The molecule has 0 fully saturated rings. The van der Waals surface area contributed by atoms with E-state index in [0.29, 0.717) is 11.5 Å². The summed E-state index contributed by atoms with van der Waals surface area (Å²) in [7, 11) is 1.10. The monoisotopic (exact) mass is 413 g/mol. The van der Waals surface area contributed by atoms with Gasteiger partial charge in [0.1, 0.15) is 0 Å². The Hall–Kier alpha value is -1.57. The average molecular weight is 414 g/mol. The molecule has 0 aliphatic rings. The highest BCUT2D eigenvalue weighted by molar-refractivity contribution is 9.10. The number of sulfonamides is 1. The quantitative estimate of drug-likeness (QED) is 0.725. The number of benzene rings is 2. The number of ether oxygens (including phenoxy) is 2. The third kappa shape index (κ3) is 3.91. The smallest absolute Gasteiger partial charge is 0.243 e. The second-order valence-corrected chi connectivity index (χ2v) is 8.26. The first-order chi connectivity index (χ1) is 11.3. The van der Waals surface area contributed by atoms with E-state index in [1.165, 1.54) is 4.31 Å². The second-order valence-electron chi connectivity index (χ2n) is 5.36. The SMILES string of the molecule is COc1ccc(CN(C)S(=O)(=O)c2ccc(Br)c(C)c2)cc1OC. The Morgan fingerprint density at radius 2 is 1.71 bits per heavy atom. The van der Waals surface area contributed by atoms with Crippen molar-refractivity contribution in [3.8, 4) is 11.5 Å². The van der Waals surface area contributed by atoms with Crippen LogP contribution in [-0.4, -0.2) is 34.0 Å². The van der Waals surface area contributed by atoms with Gasteiger partial charge < -0.3 is 9.47 Å². The van der Waals surface area contributed by atoms with Gasteiger partial charge >= 0.3 is 0 Å². The van der Waals surface area contributed by atoms with Crippen LogP contribution in [0.2, 0.25) is 0 Å². The topological polar surface area (TPSA) is 55.8 Å². The number of rotatable bonds is 6. The number of aryl methyl sites for hydroxylation is 1. The van der Waals surface area contributed by atoms with Crippen LogP contribution in [0.4, 0.5) is 0 Å². The Morgan fingerprint density at radius 3 is 2.29 bits per heavy atom. The predicted molar refractivity (Wildman–Crippen MR) is 97.1 cm³/mol. The van der Waals surface area contributed by atoms with Crippen molar-refractivity contribution in [3.63, 3.8) is 0 Å². The van der Waals surface area contributed by atoms with E-state index in [0.717, 1.165) is 15.6 Å². The molecule has 0 atom stereocenters. The van der Waals surface area contributed by atoms with Crippen molar-refractivity contribution in [2.45, 2.75) is 18.4 Å². The maximum atomic E-state index is 12.7. The summed E-state index contributed by atoms with van der Waals surface area (Å²) in [6.07, 6.45) is 0. The van der Waals surface area contributed by atoms with Gasteiger partial charge in [0, 0.05) is 18.1 Å². The second kappa shape index (κ2) is 7.55. The van der Waals surface area contributed by atoms with Crippen molar-refractivity contribution >= 4 is 26.0 Å². The summed E-state index contributed by atoms with van der Waals surface area (Å²) in [5.41, 5.74) is 1.68. The molecule has 0 heterocycles. The fraction of sp³-hybridized carbons (Fsp3) is 0.294. The molecule has 2 aromatic carbocycles. The highest BCUT2D eigenvalue weighted by atomic mass is 79.9. The van der Waals surface area contributed by atoms with Crippen LogP contribution in [0.25, 0.3) is 0 Å². The van der Waals surface area contributed by atoms with Gasteiger partial charge in [0.25, 0.3) is 0 Å². The average Bonchev–Trinajstić information content (AvgIpc) is 2.56. The molecule has 5 nitrogen and oxygen atoms in total. The third-order valence-electron chi connectivity index (χ3n) is 3.69. The summed E-state index contributed by atoms with van der Waals surface area (Å²) in [6.45, 7) is 2.09. The lowest BCUT2D eigenvalue weighted by molar-refractivity contribution is 0.354. The standard InChI is InChI=1S/C17H20BrNO4S/c1-12-9-14(6-7-15(12)18)24(20,21)19(2)11-13-5-8-16(22-3)17(10-13)23-4/h5-10H,11H2,1-4H3. The number of hydrogen-bond acceptors (Lipinski definition) is 4. The van der Waals surface area contributed by atoms with Crippen LogP contribution in [0.3, 0.4) is 0 Å². The first kappa shape index (κ1) is 18.8. The lowest BCUT2D eigenvalue weighted by Gasteiger charge is -2.18. The fourth-order valence-corrected chi connectivity index (χ4v) is 3.77. The Morgan fingerprint density at radius 1 is 1.04 bits per heavy atom. The van der Waals surface area contributed by atoms with E-state index < -0.39 is 10.0 Å². The molecule has 0 saturated heterocycles. The van der Waals surface area contributed by atoms with Crippen molar-refractivity contribution in [1.29, 1.82) is 0 Å². The minimum absolute atomic E-state index is 0.234. The van der Waals surface area contributed by atoms with Crippen LogP contribution in [0.1, 0.15) is 11.1 Å². The molecule has 0 aromatic heterocycles. The van der Waals surface area contributed by atoms with Gasteiger partial charge in [-0.1, -0.05) is 22.0 Å². The fourth-order valence-electron chi connectivity index (χ4n) is 2.28. The highest BCUT2D eigenvalue weighted by Gasteiger charge is 2.22. The van der Waals surface area contributed by atoms with E-state index >= 15 is 0 Å². The number of nitrogens with zero attached hydrogens (tertiary/aromatic N) is 1. The van der Waals surface area contributed by atoms with Gasteiger partial charge in [-0.2, -0.15) is 4.31 Å². The molecular weight excluding hydrogens is 394 g/mol. The van der Waals surface area contributed by atoms with Crippen molar-refractivity contribution < 1.29 is 17.9 Å². The molecule has 0 aliphatic heterocycles. The maximum Gasteiger partial charge on any atom is 0.243 e. The van der Waals surface area contributed by atoms with E-state index in [2.05, 4.69) is 15.9 Å². The number of halogens is 1. The molecule has 0 saturated carbocycles. The van der Waals surface area contributed by atoms with E-state index in [-0.39, 0.29) is 11.4 Å². The van der Waals surface area contributed by atoms with Gasteiger partial charge in [-0.3, -0.25) is 0 Å². The molecule has 7 heteroatoms. The lowest BCUT2D eigenvalue weighted by atomic mass is 10.2. The zero-order chi connectivity index (χ0) is 17.9. The normalized spacial score (nSPS) is 11.6. The zero-order valence-corrected chi connectivity index (χ0v) is 16.4. The molecule has 130 valence electrons. The van der Waals surface area contributed by atoms with Gasteiger partial charge in [-0.05, 0) is 48.4 Å². The van der Waals surface area contributed by atoms with Crippen molar-refractivity contribution in [2.24, 2.45) is 0 Å². The van der Waals surface area contributed by atoms with Gasteiger partial charge in [0.2, 0.25) is 10.0 Å². The minimum Gasteiger partial charge on any atom is -0.493 e. The summed E-state index contributed by atoms with van der Waals surface area (Å²) >= 11 is 3.38. The van der Waals surface area contributed by atoms with Gasteiger partial charge in [-0.25, -0.2) is 8.42 Å². The molecule has 0 radical (unpaired) electrons. The Balaban J connectivity index is 2.27. The zero-order valence-electron chi connectivity index (χ0n) is 14.0. The largest absolute Gasteiger partial charge is 0.493 e. The minimum atomic E-state index is -3.57. The predicted octanol–water partition coefficient (Wildman–Crippen LogP) is 3.60. The number of methoxy groups -OCH3 is 2. The van der Waals surface area contributed by atoms with Crippen LogP contribution < -0.4 is 9.47 Å². The third-order valence-corrected chi connectivity index (χ3v) is 6.38. The Bertz CT molecular complexity index is 836. The van der Waals surface area contributed by atoms with Crippen molar-refractivity contribution in [1.82, 2.24) is 4.31 Å². The van der Waals surface area contributed by atoms with Gasteiger partial charge in [0.05, 0.1) is 19.1 Å². The van der Waals surface area contributed by atoms with Crippen LogP contribution in [0, 0.1) is 6.92 Å². The molecule has 2 aromatic rings. The Kier molecular flexibility index (Phi) is 5.90. The summed E-state index contributed by atoms with van der Waals surface area (Å²) in [5.74, 6) is 1.18. The first-order valence-electron chi connectivity index (χ1n) is 7.23. The van der Waals surface area contributed by atoms with Crippen LogP contribution >= 0.6 is 15.9 Å². The van der Waals surface area contributed by atoms with Crippen LogP contribution in [-0.2, 0) is 16.6 Å². The molecule has 0 unspecified atom stereocenters. The van der Waals surface area contributed by atoms with Gasteiger partial charge in [-0.15, -0.1) is 0 Å². The highest BCUT2D eigenvalue weighted by Crippen LogP contribution is 2.29. The molecule has 2 rings (SSSR count). The van der Waals surface area contributed by atoms with E-state index in [1.54, 1.807) is 51.6 Å². The van der Waals surface area contributed by atoms with E-state index in [9.17, 15) is 8.42 Å². The van der Waals surface area contributed by atoms with Crippen molar-refractivity contribution in [3.05, 3.63) is 52.0 Å². The van der Waals surface area contributed by atoms with Crippen LogP contribution in [0.5, 0.6) is 11.5 Å². The molecule has 0 bridgehead atoms. The van der Waals surface area contributed by atoms with Crippen LogP contribution in [0.15, 0.2) is 45.8 Å². The van der Waals surface area contributed by atoms with E-state index in [4.69, 9.17) is 9.47 Å². The van der Waals surface area contributed by atoms with Gasteiger partial charge in [0.15, 0.2) is 11.5 Å². The molecule has 0 aliphatic carbocycles. The maximum absolute atomic E-state index is 12.7. The molecule has 0 amide bonds. The number of hydrogen-bond donors (Lipinski definition) is 0. The molecule has 24 heavy (non-hydrogen) atoms. The summed E-state index contributed by atoms with van der Waals surface area (Å²) < 4.78 is 38.1. The first-order valence-corrected chi connectivity index (χ1v) is 9.46. The summed E-state index contributed by atoms with van der Waals surface area (Å²) in [6, 6.07) is 10.4. The molecule has 0 N–H and O–H groups in total. The van der Waals surface area contributed by atoms with E-state index in [1.807, 2.05) is 13.0 Å². The lowest BCUT2D eigenvalue weighted by Crippen LogP contribution is -2.26.